The Bertz CT molecular complexity index is 845. The van der Waals surface area contributed by atoms with Gasteiger partial charge >= 0.3 is 11.9 Å². The van der Waals surface area contributed by atoms with E-state index in [1.165, 1.54) is 38.5 Å². The smallest absolute Gasteiger partial charge is 0.308 e. The number of hydrogen-bond donors (Lipinski definition) is 1. The van der Waals surface area contributed by atoms with E-state index in [0.717, 1.165) is 116 Å². The van der Waals surface area contributed by atoms with Crippen LogP contribution in [0.3, 0.4) is 0 Å². The monoisotopic (exact) mass is 833 g/mol. The number of aliphatic hydroxyl groups excluding tert-OH is 1. The van der Waals surface area contributed by atoms with Gasteiger partial charge in [0.05, 0.1) is 91.1 Å². The van der Waals surface area contributed by atoms with Crippen molar-refractivity contribution in [3.05, 3.63) is 0 Å². The van der Waals surface area contributed by atoms with Crippen molar-refractivity contribution in [2.75, 3.05) is 92.5 Å². The highest BCUT2D eigenvalue weighted by Crippen LogP contribution is 2.21. The maximum atomic E-state index is 12.7. The number of unbranched alkanes of at least 4 members (excludes halogenated alkanes) is 14. The molecule has 11 nitrogen and oxygen atoms in total. The number of carbonyl (C=O) groups is 2. The molecule has 346 valence electrons. The lowest BCUT2D eigenvalue weighted by Gasteiger charge is -2.19. The molecular weight excluding hydrogens is 741 g/mol. The minimum Gasteiger partial charge on any atom is -0.465 e. The Labute approximate surface area is 356 Å². The van der Waals surface area contributed by atoms with E-state index in [4.69, 9.17) is 43.0 Å². The molecule has 0 rings (SSSR count). The second kappa shape index (κ2) is 46.7. The first-order valence-corrected chi connectivity index (χ1v) is 24.0. The third-order valence-corrected chi connectivity index (χ3v) is 10.3. The molecule has 3 atom stereocenters. The summed E-state index contributed by atoms with van der Waals surface area (Å²) in [5.74, 6) is 0.102. The minimum absolute atomic E-state index is 0.000854. The lowest BCUT2D eigenvalue weighted by molar-refractivity contribution is -0.150. The molecule has 0 saturated heterocycles. The van der Waals surface area contributed by atoms with E-state index in [2.05, 4.69) is 27.7 Å². The van der Waals surface area contributed by atoms with Gasteiger partial charge in [-0.15, -0.1) is 0 Å². The van der Waals surface area contributed by atoms with Crippen LogP contribution in [0, 0.1) is 11.8 Å². The Kier molecular flexibility index (Phi) is 45.6. The van der Waals surface area contributed by atoms with Crippen molar-refractivity contribution < 1.29 is 52.6 Å². The van der Waals surface area contributed by atoms with Gasteiger partial charge in [0.25, 0.3) is 0 Å². The van der Waals surface area contributed by atoms with Crippen molar-refractivity contribution in [1.29, 1.82) is 0 Å². The van der Waals surface area contributed by atoms with Crippen LogP contribution in [-0.4, -0.2) is 116 Å². The molecular formula is C47H92O11. The van der Waals surface area contributed by atoms with Crippen LogP contribution < -0.4 is 0 Å². The van der Waals surface area contributed by atoms with E-state index in [0.29, 0.717) is 85.9 Å². The third kappa shape index (κ3) is 38.8. The number of rotatable bonds is 48. The molecule has 0 aliphatic heterocycles. The Morgan fingerprint density at radius 2 is 0.741 bits per heavy atom. The Morgan fingerprint density at radius 3 is 1.19 bits per heavy atom. The molecule has 0 saturated carbocycles. The van der Waals surface area contributed by atoms with Gasteiger partial charge < -0.3 is 43.0 Å². The second-order valence-electron chi connectivity index (χ2n) is 15.7. The molecule has 0 aromatic rings. The Balaban J connectivity index is 4.42. The first-order chi connectivity index (χ1) is 28.5. The SMILES string of the molecule is CCCCCCC(CCCC)C(=O)OCCCCCCOCC(COCCOCCOCCOCCO)OCCCCCCOC(=O)C(CCCC)CCCCCC. The van der Waals surface area contributed by atoms with Crippen molar-refractivity contribution >= 4 is 11.9 Å². The fraction of sp³-hybridized carbons (Fsp3) is 0.957. The summed E-state index contributed by atoms with van der Waals surface area (Å²) in [6.07, 6.45) is 25.2. The topological polar surface area (TPSA) is 128 Å². The quantitative estimate of drug-likeness (QED) is 0.0465. The first-order valence-electron chi connectivity index (χ1n) is 24.0. The molecule has 0 heterocycles. The lowest BCUT2D eigenvalue weighted by Crippen LogP contribution is -2.27. The van der Waals surface area contributed by atoms with Crippen LogP contribution >= 0.6 is 0 Å². The zero-order chi connectivity index (χ0) is 42.4. The van der Waals surface area contributed by atoms with Gasteiger partial charge in [-0.2, -0.15) is 0 Å². The van der Waals surface area contributed by atoms with Crippen molar-refractivity contribution in [3.8, 4) is 0 Å². The van der Waals surface area contributed by atoms with Crippen molar-refractivity contribution in [2.24, 2.45) is 11.8 Å². The second-order valence-corrected chi connectivity index (χ2v) is 15.7. The van der Waals surface area contributed by atoms with Gasteiger partial charge in [-0.1, -0.05) is 118 Å². The van der Waals surface area contributed by atoms with Gasteiger partial charge in [0.2, 0.25) is 0 Å². The fourth-order valence-electron chi connectivity index (χ4n) is 6.64. The highest BCUT2D eigenvalue weighted by Gasteiger charge is 2.20. The summed E-state index contributed by atoms with van der Waals surface area (Å²) in [5.41, 5.74) is 0. The number of ether oxygens (including phenoxy) is 8. The molecule has 0 amide bonds. The lowest BCUT2D eigenvalue weighted by atomic mass is 9.95. The average Bonchev–Trinajstić information content (AvgIpc) is 3.23. The van der Waals surface area contributed by atoms with Crippen LogP contribution in [0.2, 0.25) is 0 Å². The summed E-state index contributed by atoms with van der Waals surface area (Å²) < 4.78 is 45.7. The van der Waals surface area contributed by atoms with Crippen molar-refractivity contribution in [2.45, 2.75) is 188 Å². The minimum atomic E-state index is -0.164. The number of carbonyl (C=O) groups excluding carboxylic acids is 2. The summed E-state index contributed by atoms with van der Waals surface area (Å²) in [4.78, 5) is 25.5. The van der Waals surface area contributed by atoms with Crippen LogP contribution in [0.25, 0.3) is 0 Å². The predicted molar refractivity (Wildman–Crippen MR) is 233 cm³/mol. The van der Waals surface area contributed by atoms with Gasteiger partial charge in [-0.05, 0) is 64.2 Å². The standard InChI is InChI=1S/C47H92O11/c1-5-9-13-19-27-43(25-11-7-3)46(49)57-32-23-16-15-21-30-54-41-45(42-55-40-39-53-38-37-52-36-35-51-34-29-48)56-31-22-17-18-24-33-58-47(50)44(26-12-8-4)28-20-14-10-6-2/h43-45,48H,5-42H2,1-4H3. The number of hydrogen-bond acceptors (Lipinski definition) is 11. The van der Waals surface area contributed by atoms with Crippen LogP contribution in [-0.2, 0) is 47.5 Å². The molecule has 0 radical (unpaired) electrons. The van der Waals surface area contributed by atoms with Gasteiger partial charge in [-0.3, -0.25) is 9.59 Å². The van der Waals surface area contributed by atoms with Crippen LogP contribution in [0.5, 0.6) is 0 Å². The molecule has 0 aliphatic carbocycles. The van der Waals surface area contributed by atoms with E-state index in [9.17, 15) is 9.59 Å². The maximum Gasteiger partial charge on any atom is 0.308 e. The highest BCUT2D eigenvalue weighted by atomic mass is 16.6. The fourth-order valence-corrected chi connectivity index (χ4v) is 6.64. The van der Waals surface area contributed by atoms with E-state index in [-0.39, 0.29) is 36.5 Å². The number of esters is 2. The molecule has 1 N–H and O–H groups in total. The molecule has 0 spiro atoms. The molecule has 0 aromatic heterocycles. The summed E-state index contributed by atoms with van der Waals surface area (Å²) in [6.45, 7) is 15.1. The van der Waals surface area contributed by atoms with Gasteiger partial charge in [0, 0.05) is 13.2 Å². The maximum absolute atomic E-state index is 12.7. The van der Waals surface area contributed by atoms with Gasteiger partial charge in [0.1, 0.15) is 6.10 Å². The largest absolute Gasteiger partial charge is 0.465 e. The highest BCUT2D eigenvalue weighted by molar-refractivity contribution is 5.72. The summed E-state index contributed by atoms with van der Waals surface area (Å²) in [6, 6.07) is 0. The molecule has 0 fully saturated rings. The van der Waals surface area contributed by atoms with Crippen LogP contribution in [0.15, 0.2) is 0 Å². The third-order valence-electron chi connectivity index (χ3n) is 10.3. The van der Waals surface area contributed by atoms with Crippen molar-refractivity contribution in [1.82, 2.24) is 0 Å². The first kappa shape index (κ1) is 56.7. The summed E-state index contributed by atoms with van der Waals surface area (Å²) in [7, 11) is 0. The molecule has 0 aliphatic rings. The van der Waals surface area contributed by atoms with Crippen molar-refractivity contribution in [3.63, 3.8) is 0 Å². The molecule has 11 heteroatoms. The zero-order valence-corrected chi connectivity index (χ0v) is 38.1. The molecule has 58 heavy (non-hydrogen) atoms. The normalized spacial score (nSPS) is 13.1. The summed E-state index contributed by atoms with van der Waals surface area (Å²) in [5, 5.41) is 8.73. The zero-order valence-electron chi connectivity index (χ0n) is 38.1. The van der Waals surface area contributed by atoms with E-state index in [1.54, 1.807) is 0 Å². The van der Waals surface area contributed by atoms with Crippen LogP contribution in [0.4, 0.5) is 0 Å². The molecule has 0 aromatic carbocycles. The Morgan fingerprint density at radius 1 is 0.379 bits per heavy atom. The van der Waals surface area contributed by atoms with E-state index < -0.39 is 0 Å². The van der Waals surface area contributed by atoms with Gasteiger partial charge in [-0.25, -0.2) is 0 Å². The average molecular weight is 833 g/mol. The number of aliphatic hydroxyl groups is 1. The predicted octanol–water partition coefficient (Wildman–Crippen LogP) is 10.2. The van der Waals surface area contributed by atoms with E-state index >= 15 is 0 Å². The van der Waals surface area contributed by atoms with E-state index in [1.807, 2.05) is 0 Å². The summed E-state index contributed by atoms with van der Waals surface area (Å²) >= 11 is 0. The molecule has 0 bridgehead atoms. The van der Waals surface area contributed by atoms with Gasteiger partial charge in [0.15, 0.2) is 0 Å². The van der Waals surface area contributed by atoms with Crippen LogP contribution in [0.1, 0.15) is 182 Å². The Hall–Kier alpha value is -1.34. The molecule has 3 unspecified atom stereocenters.